The summed E-state index contributed by atoms with van der Waals surface area (Å²) in [5.41, 5.74) is 1.08. The largest absolute Gasteiger partial charge is 0.508 e. The Balaban J connectivity index is 1.15. The first-order valence-corrected chi connectivity index (χ1v) is 17.3. The van der Waals surface area contributed by atoms with Crippen LogP contribution in [0, 0.1) is 11.6 Å². The topological polar surface area (TPSA) is 83.0 Å². The first-order chi connectivity index (χ1) is 22.9. The molecule has 0 spiro atoms. The van der Waals surface area contributed by atoms with E-state index in [2.05, 4.69) is 20.1 Å². The van der Waals surface area contributed by atoms with Crippen LogP contribution in [0.1, 0.15) is 57.4 Å². The van der Waals surface area contributed by atoms with Crippen molar-refractivity contribution in [3.63, 3.8) is 0 Å². The van der Waals surface area contributed by atoms with Crippen molar-refractivity contribution < 1.29 is 23.4 Å². The van der Waals surface area contributed by atoms with Gasteiger partial charge in [-0.15, -0.1) is 0 Å². The van der Waals surface area contributed by atoms with Gasteiger partial charge < -0.3 is 24.8 Å². The Morgan fingerprint density at radius 2 is 1.77 bits per heavy atom. The second-order valence-electron chi connectivity index (χ2n) is 13.8. The third kappa shape index (κ3) is 5.58. The van der Waals surface area contributed by atoms with Crippen molar-refractivity contribution >= 4 is 27.5 Å². The van der Waals surface area contributed by atoms with Gasteiger partial charge in [0.1, 0.15) is 22.9 Å². The molecule has 4 fully saturated rings. The molecule has 1 aromatic heterocycles. The fourth-order valence-corrected chi connectivity index (χ4v) is 8.86. The van der Waals surface area contributed by atoms with Gasteiger partial charge in [0.2, 0.25) is 0 Å². The summed E-state index contributed by atoms with van der Waals surface area (Å²) in [4.78, 5) is 14.1. The number of ether oxygens (including phenoxy) is 2. The monoisotopic (exact) mass is 643 g/mol. The van der Waals surface area contributed by atoms with Crippen molar-refractivity contribution in [2.24, 2.45) is 0 Å². The van der Waals surface area contributed by atoms with E-state index in [1.54, 1.807) is 6.07 Å². The van der Waals surface area contributed by atoms with E-state index in [9.17, 15) is 5.11 Å². The number of aromatic nitrogens is 2. The van der Waals surface area contributed by atoms with Gasteiger partial charge in [0, 0.05) is 56.3 Å². The Bertz CT molecular complexity index is 1790. The first-order valence-electron chi connectivity index (χ1n) is 17.3. The number of rotatable bonds is 9. The van der Waals surface area contributed by atoms with Crippen molar-refractivity contribution in [1.29, 1.82) is 0 Å². The number of anilines is 1. The second-order valence-corrected chi connectivity index (χ2v) is 13.8. The average molecular weight is 644 g/mol. The molecule has 2 N–H and O–H groups in total. The third-order valence-corrected chi connectivity index (χ3v) is 11.0. The van der Waals surface area contributed by atoms with E-state index in [0.29, 0.717) is 73.2 Å². The summed E-state index contributed by atoms with van der Waals surface area (Å²) in [6, 6.07) is 12.0. The Hall–Kier alpha value is -3.60. The molecule has 4 aliphatic heterocycles. The zero-order valence-electron chi connectivity index (χ0n) is 27.1. The van der Waals surface area contributed by atoms with Crippen LogP contribution >= 0.6 is 0 Å². The number of phenols is 1. The van der Waals surface area contributed by atoms with E-state index in [4.69, 9.17) is 14.5 Å². The van der Waals surface area contributed by atoms with Gasteiger partial charge in [-0.25, -0.2) is 8.78 Å². The molecule has 5 atom stereocenters. The Morgan fingerprint density at radius 1 is 1.00 bits per heavy atom. The number of piperazine rings is 1. The average Bonchev–Trinajstić information content (AvgIpc) is 3.53. The standard InChI is InChI=1S/C37H43F2N5O3/c1-3-21-6-4-7-22-14-27(45)17-29(32(21)22)33-31(38)18-30-35(34(33)39)41-37(42-36(30)43-19-23-8-9-24(20-43)40-23)47-13-5-12-44-25-10-11-26(44)16-28(15-25)46-2/h4,6-7,14,17-18,23-26,28,40,45H,3,5,8-13,15-16,19-20H2,1-2H3/t23?,24?,25-,26?,28?/m1/s1. The van der Waals surface area contributed by atoms with Gasteiger partial charge in [0.05, 0.1) is 18.3 Å². The van der Waals surface area contributed by atoms with Crippen LogP contribution in [-0.2, 0) is 11.2 Å². The van der Waals surface area contributed by atoms with Crippen LogP contribution in [0.15, 0.2) is 36.4 Å². The van der Waals surface area contributed by atoms with Crippen LogP contribution in [0.25, 0.3) is 32.8 Å². The zero-order chi connectivity index (χ0) is 32.2. The number of methoxy groups -OCH3 is 1. The molecule has 5 heterocycles. The summed E-state index contributed by atoms with van der Waals surface area (Å²) < 4.78 is 45.0. The molecule has 4 saturated heterocycles. The fourth-order valence-electron chi connectivity index (χ4n) is 8.86. The lowest BCUT2D eigenvalue weighted by Gasteiger charge is -2.38. The maximum atomic E-state index is 16.9. The van der Waals surface area contributed by atoms with E-state index in [1.165, 1.54) is 25.0 Å². The lowest BCUT2D eigenvalue weighted by atomic mass is 9.92. The molecule has 0 amide bonds. The van der Waals surface area contributed by atoms with Crippen LogP contribution in [0.4, 0.5) is 14.6 Å². The number of aryl methyl sites for hydroxylation is 1. The van der Waals surface area contributed by atoms with Crippen LogP contribution in [-0.4, -0.2) is 83.6 Å². The van der Waals surface area contributed by atoms with Gasteiger partial charge in [-0.3, -0.25) is 4.90 Å². The minimum Gasteiger partial charge on any atom is -0.508 e. The third-order valence-electron chi connectivity index (χ3n) is 11.0. The number of hydrogen-bond donors (Lipinski definition) is 2. The van der Waals surface area contributed by atoms with Crippen molar-refractivity contribution in [3.05, 3.63) is 53.6 Å². The van der Waals surface area contributed by atoms with E-state index >= 15 is 8.78 Å². The van der Waals surface area contributed by atoms with Gasteiger partial charge in [-0.1, -0.05) is 25.1 Å². The molecule has 10 heteroatoms. The molecule has 0 aliphatic carbocycles. The molecular formula is C37H43F2N5O3. The maximum Gasteiger partial charge on any atom is 0.319 e. The molecule has 0 radical (unpaired) electrons. The van der Waals surface area contributed by atoms with E-state index in [1.807, 2.05) is 32.2 Å². The van der Waals surface area contributed by atoms with E-state index in [0.717, 1.165) is 55.0 Å². The van der Waals surface area contributed by atoms with Gasteiger partial charge in [0.25, 0.3) is 0 Å². The number of aromatic hydroxyl groups is 1. The van der Waals surface area contributed by atoms with Crippen LogP contribution < -0.4 is 15.0 Å². The zero-order valence-corrected chi connectivity index (χ0v) is 27.1. The van der Waals surface area contributed by atoms with Gasteiger partial charge in [-0.2, -0.15) is 9.97 Å². The minimum atomic E-state index is -0.776. The van der Waals surface area contributed by atoms with E-state index in [-0.39, 0.29) is 22.8 Å². The lowest BCUT2D eigenvalue weighted by molar-refractivity contribution is 0.00434. The van der Waals surface area contributed by atoms with Crippen LogP contribution in [0.3, 0.4) is 0 Å². The van der Waals surface area contributed by atoms with Crippen molar-refractivity contribution in [2.45, 2.75) is 88.6 Å². The van der Waals surface area contributed by atoms with Crippen LogP contribution in [0.5, 0.6) is 11.8 Å². The normalized spacial score (nSPS) is 25.7. The number of piperidine rings is 1. The summed E-state index contributed by atoms with van der Waals surface area (Å²) in [6.07, 6.45) is 8.51. The van der Waals surface area contributed by atoms with Crippen LogP contribution in [0.2, 0.25) is 0 Å². The molecule has 47 heavy (non-hydrogen) atoms. The molecular weight excluding hydrogens is 600 g/mol. The molecule has 4 aliphatic rings. The number of fused-ring (bicyclic) bond motifs is 6. The number of phenolic OH excluding ortho intramolecular Hbond substituents is 1. The predicted octanol–water partition coefficient (Wildman–Crippen LogP) is 6.35. The lowest BCUT2D eigenvalue weighted by Crippen LogP contribution is -2.51. The summed E-state index contributed by atoms with van der Waals surface area (Å²) in [6.45, 7) is 4.72. The molecule has 4 bridgehead atoms. The molecule has 8 rings (SSSR count). The van der Waals surface area contributed by atoms with Crippen molar-refractivity contribution in [1.82, 2.24) is 20.2 Å². The van der Waals surface area contributed by atoms with Crippen molar-refractivity contribution in [3.8, 4) is 22.9 Å². The highest BCUT2D eigenvalue weighted by molar-refractivity contribution is 6.03. The molecule has 3 aromatic carbocycles. The molecule has 8 nitrogen and oxygen atoms in total. The fraction of sp³-hybridized carbons (Fsp3) is 0.514. The highest BCUT2D eigenvalue weighted by Crippen LogP contribution is 2.42. The highest BCUT2D eigenvalue weighted by atomic mass is 19.1. The quantitative estimate of drug-likeness (QED) is 0.204. The van der Waals surface area contributed by atoms with Gasteiger partial charge in [-0.05, 0) is 91.5 Å². The number of nitrogens with one attached hydrogen (secondary N) is 1. The summed E-state index contributed by atoms with van der Waals surface area (Å²) >= 11 is 0. The number of hydrogen-bond acceptors (Lipinski definition) is 8. The molecule has 4 unspecified atom stereocenters. The molecule has 0 saturated carbocycles. The Kier molecular flexibility index (Phi) is 8.14. The summed E-state index contributed by atoms with van der Waals surface area (Å²) in [7, 11) is 1.81. The van der Waals surface area contributed by atoms with Gasteiger partial charge in [0.15, 0.2) is 5.82 Å². The maximum absolute atomic E-state index is 16.9. The molecule has 248 valence electrons. The van der Waals surface area contributed by atoms with E-state index < -0.39 is 11.6 Å². The van der Waals surface area contributed by atoms with Crippen molar-refractivity contribution in [2.75, 3.05) is 38.3 Å². The van der Waals surface area contributed by atoms with Gasteiger partial charge >= 0.3 is 6.01 Å². The number of halogens is 2. The highest BCUT2D eigenvalue weighted by Gasteiger charge is 2.40. The summed E-state index contributed by atoms with van der Waals surface area (Å²) in [5.74, 6) is -1.04. The molecule has 4 aromatic rings. The minimum absolute atomic E-state index is 0.0254. The SMILES string of the molecule is CCc1cccc2cc(O)cc(-c3c(F)cc4c(N5CC6CCC(C5)N6)nc(OCCCN5C6CC[C@@H]5CC(OC)C6)nc4c3F)c12. The Labute approximate surface area is 274 Å². The first kappa shape index (κ1) is 30.7. The predicted molar refractivity (Wildman–Crippen MR) is 179 cm³/mol. The second kappa shape index (κ2) is 12.5. The smallest absolute Gasteiger partial charge is 0.319 e. The Morgan fingerprint density at radius 3 is 2.49 bits per heavy atom. The summed E-state index contributed by atoms with van der Waals surface area (Å²) in [5, 5.41) is 16.0. The number of nitrogens with zero attached hydrogens (tertiary/aromatic N) is 4. The number of benzene rings is 3.